The van der Waals surface area contributed by atoms with Crippen molar-refractivity contribution in [2.45, 2.75) is 25.2 Å². The molecule has 1 fully saturated rings. The van der Waals surface area contributed by atoms with Crippen molar-refractivity contribution in [3.8, 4) is 5.75 Å². The summed E-state index contributed by atoms with van der Waals surface area (Å²) < 4.78 is 37.4. The number of sulfonamides is 1. The summed E-state index contributed by atoms with van der Waals surface area (Å²) in [5.74, 6) is 0.236. The molecule has 1 aliphatic heterocycles. The van der Waals surface area contributed by atoms with Gasteiger partial charge in [-0.1, -0.05) is 13.8 Å². The molecule has 2 rings (SSSR count). The molecule has 0 aliphatic carbocycles. The molecule has 2 atom stereocenters. The van der Waals surface area contributed by atoms with E-state index < -0.39 is 16.0 Å². The summed E-state index contributed by atoms with van der Waals surface area (Å²) in [6.45, 7) is 5.02. The summed E-state index contributed by atoms with van der Waals surface area (Å²) in [6, 6.07) is 4.30. The van der Waals surface area contributed by atoms with Crippen LogP contribution in [0.4, 0.5) is 0 Å². The molecule has 0 bridgehead atoms. The number of carbonyl (C=O) groups is 1. The Morgan fingerprint density at radius 1 is 1.17 bits per heavy atom. The van der Waals surface area contributed by atoms with Gasteiger partial charge in [0.25, 0.3) is 0 Å². The average molecular weight is 341 g/mol. The molecule has 0 amide bonds. The Bertz CT molecular complexity index is 676. The van der Waals surface area contributed by atoms with E-state index in [2.05, 4.69) is 4.74 Å². The van der Waals surface area contributed by atoms with Crippen molar-refractivity contribution in [3.05, 3.63) is 23.8 Å². The Morgan fingerprint density at radius 2 is 1.78 bits per heavy atom. The van der Waals surface area contributed by atoms with Gasteiger partial charge in [0.2, 0.25) is 10.0 Å². The van der Waals surface area contributed by atoms with Gasteiger partial charge in [-0.15, -0.1) is 0 Å². The van der Waals surface area contributed by atoms with Crippen molar-refractivity contribution in [3.63, 3.8) is 0 Å². The van der Waals surface area contributed by atoms with Crippen LogP contribution in [0.2, 0.25) is 0 Å². The van der Waals surface area contributed by atoms with Gasteiger partial charge in [0, 0.05) is 13.1 Å². The number of piperidine rings is 1. The lowest BCUT2D eigenvalue weighted by atomic mass is 9.94. The van der Waals surface area contributed by atoms with Crippen LogP contribution in [0.1, 0.15) is 30.6 Å². The molecule has 0 aromatic heterocycles. The maximum Gasteiger partial charge on any atom is 0.337 e. The second kappa shape index (κ2) is 6.88. The lowest BCUT2D eigenvalue weighted by Crippen LogP contribution is -2.42. The third-order valence-electron chi connectivity index (χ3n) is 4.04. The molecule has 1 heterocycles. The molecule has 0 saturated carbocycles. The first kappa shape index (κ1) is 17.7. The highest BCUT2D eigenvalue weighted by molar-refractivity contribution is 7.89. The van der Waals surface area contributed by atoms with Gasteiger partial charge < -0.3 is 9.47 Å². The zero-order valence-electron chi connectivity index (χ0n) is 13.9. The first-order valence-corrected chi connectivity index (χ1v) is 9.00. The molecule has 0 N–H and O–H groups in total. The number of methoxy groups -OCH3 is 2. The molecule has 0 spiro atoms. The topological polar surface area (TPSA) is 72.9 Å². The molecule has 0 unspecified atom stereocenters. The fourth-order valence-electron chi connectivity index (χ4n) is 3.06. The molecular formula is C16H23NO5S. The van der Waals surface area contributed by atoms with Crippen LogP contribution < -0.4 is 4.74 Å². The minimum atomic E-state index is -3.73. The fraction of sp³-hybridized carbons (Fsp3) is 0.562. The normalized spacial score (nSPS) is 22.6. The largest absolute Gasteiger partial charge is 0.495 e. The first-order valence-electron chi connectivity index (χ1n) is 7.56. The first-order chi connectivity index (χ1) is 10.8. The summed E-state index contributed by atoms with van der Waals surface area (Å²) in [4.78, 5) is 11.7. The van der Waals surface area contributed by atoms with Gasteiger partial charge in [0.1, 0.15) is 10.6 Å². The van der Waals surface area contributed by atoms with Crippen LogP contribution in [0.25, 0.3) is 0 Å². The molecule has 1 aliphatic rings. The molecular weight excluding hydrogens is 318 g/mol. The average Bonchev–Trinajstić information content (AvgIpc) is 2.52. The lowest BCUT2D eigenvalue weighted by Gasteiger charge is -2.34. The van der Waals surface area contributed by atoms with Crippen molar-refractivity contribution in [2.24, 2.45) is 11.8 Å². The number of hydrogen-bond acceptors (Lipinski definition) is 5. The molecule has 1 aromatic rings. The van der Waals surface area contributed by atoms with Gasteiger partial charge in [-0.05, 0) is 36.5 Å². The third-order valence-corrected chi connectivity index (χ3v) is 5.89. The third kappa shape index (κ3) is 3.67. The van der Waals surface area contributed by atoms with Crippen LogP contribution >= 0.6 is 0 Å². The van der Waals surface area contributed by atoms with Crippen molar-refractivity contribution in [1.29, 1.82) is 0 Å². The molecule has 1 saturated heterocycles. The second-order valence-electron chi connectivity index (χ2n) is 6.13. The van der Waals surface area contributed by atoms with Crippen LogP contribution in [-0.2, 0) is 14.8 Å². The molecule has 7 heteroatoms. The Hall–Kier alpha value is -1.60. The highest BCUT2D eigenvalue weighted by atomic mass is 32.2. The predicted octanol–water partition coefficient (Wildman–Crippen LogP) is 2.15. The summed E-state index contributed by atoms with van der Waals surface area (Å²) in [5.41, 5.74) is 0.185. The van der Waals surface area contributed by atoms with Crippen LogP contribution in [0.3, 0.4) is 0 Å². The molecule has 0 radical (unpaired) electrons. The van der Waals surface area contributed by atoms with Crippen LogP contribution in [0, 0.1) is 11.8 Å². The Kier molecular flexibility index (Phi) is 5.31. The molecule has 6 nitrogen and oxygen atoms in total. The minimum Gasteiger partial charge on any atom is -0.495 e. The highest BCUT2D eigenvalue weighted by Crippen LogP contribution is 2.32. The van der Waals surface area contributed by atoms with E-state index in [1.807, 2.05) is 13.8 Å². The Labute approximate surface area is 137 Å². The zero-order chi connectivity index (χ0) is 17.2. The van der Waals surface area contributed by atoms with Crippen molar-refractivity contribution in [1.82, 2.24) is 4.31 Å². The lowest BCUT2D eigenvalue weighted by molar-refractivity contribution is 0.0600. The maximum absolute atomic E-state index is 13.0. The van der Waals surface area contributed by atoms with Crippen LogP contribution in [0.15, 0.2) is 23.1 Å². The minimum absolute atomic E-state index is 0.00389. The summed E-state index contributed by atoms with van der Waals surface area (Å²) in [6.07, 6.45) is 1.01. The van der Waals surface area contributed by atoms with Crippen molar-refractivity contribution >= 4 is 16.0 Å². The highest BCUT2D eigenvalue weighted by Gasteiger charge is 2.34. The second-order valence-corrected chi connectivity index (χ2v) is 8.03. The zero-order valence-corrected chi connectivity index (χ0v) is 14.7. The van der Waals surface area contributed by atoms with Gasteiger partial charge >= 0.3 is 5.97 Å². The van der Waals surface area contributed by atoms with Gasteiger partial charge in [-0.3, -0.25) is 0 Å². The van der Waals surface area contributed by atoms with Crippen LogP contribution in [-0.4, -0.2) is 46.0 Å². The van der Waals surface area contributed by atoms with E-state index in [0.29, 0.717) is 24.9 Å². The summed E-state index contributed by atoms with van der Waals surface area (Å²) >= 11 is 0. The van der Waals surface area contributed by atoms with E-state index in [1.54, 1.807) is 0 Å². The van der Waals surface area contributed by atoms with Crippen molar-refractivity contribution in [2.75, 3.05) is 27.3 Å². The number of rotatable bonds is 4. The quantitative estimate of drug-likeness (QED) is 0.785. The SMILES string of the molecule is COC(=O)c1ccc(OC)c(S(=O)(=O)N2C[C@H](C)C[C@@H](C)C2)c1. The Balaban J connectivity index is 2.47. The van der Waals surface area contributed by atoms with E-state index in [-0.39, 0.29) is 16.2 Å². The number of hydrogen-bond donors (Lipinski definition) is 0. The number of ether oxygens (including phenoxy) is 2. The monoisotopic (exact) mass is 341 g/mol. The predicted molar refractivity (Wildman–Crippen MR) is 86.0 cm³/mol. The molecule has 128 valence electrons. The summed E-state index contributed by atoms with van der Waals surface area (Å²) in [7, 11) is -1.07. The van der Waals surface area contributed by atoms with E-state index >= 15 is 0 Å². The van der Waals surface area contributed by atoms with Crippen LogP contribution in [0.5, 0.6) is 5.75 Å². The standard InChI is InChI=1S/C16H23NO5S/c1-11-7-12(2)10-17(9-11)23(19,20)15-8-13(16(18)22-4)5-6-14(15)21-3/h5-6,8,11-12H,7,9-10H2,1-4H3/t11-,12-/m1/s1. The van der Waals surface area contributed by atoms with E-state index in [1.165, 1.54) is 36.7 Å². The number of esters is 1. The number of carbonyl (C=O) groups excluding carboxylic acids is 1. The van der Waals surface area contributed by atoms with E-state index in [4.69, 9.17) is 4.74 Å². The Morgan fingerprint density at radius 3 is 2.30 bits per heavy atom. The molecule has 23 heavy (non-hydrogen) atoms. The van der Waals surface area contributed by atoms with Gasteiger partial charge in [-0.25, -0.2) is 13.2 Å². The van der Waals surface area contributed by atoms with Gasteiger partial charge in [0.15, 0.2) is 0 Å². The van der Waals surface area contributed by atoms with E-state index in [9.17, 15) is 13.2 Å². The fourth-order valence-corrected chi connectivity index (χ4v) is 4.93. The van der Waals surface area contributed by atoms with E-state index in [0.717, 1.165) is 6.42 Å². The number of benzene rings is 1. The van der Waals surface area contributed by atoms with Gasteiger partial charge in [0.05, 0.1) is 19.8 Å². The number of nitrogens with zero attached hydrogens (tertiary/aromatic N) is 1. The smallest absolute Gasteiger partial charge is 0.337 e. The van der Waals surface area contributed by atoms with Crippen molar-refractivity contribution < 1.29 is 22.7 Å². The maximum atomic E-state index is 13.0. The molecule has 1 aromatic carbocycles. The van der Waals surface area contributed by atoms with Gasteiger partial charge in [-0.2, -0.15) is 4.31 Å². The summed E-state index contributed by atoms with van der Waals surface area (Å²) in [5, 5.41) is 0.